The van der Waals surface area contributed by atoms with E-state index in [-0.39, 0.29) is 5.82 Å². The molecule has 0 aliphatic heterocycles. The summed E-state index contributed by atoms with van der Waals surface area (Å²) in [6.07, 6.45) is 3.28. The van der Waals surface area contributed by atoms with E-state index in [1.807, 2.05) is 0 Å². The molecule has 0 bridgehead atoms. The van der Waals surface area contributed by atoms with Crippen LogP contribution in [0.3, 0.4) is 0 Å². The number of pyridine rings is 1. The van der Waals surface area contributed by atoms with E-state index >= 15 is 0 Å². The van der Waals surface area contributed by atoms with E-state index in [0.29, 0.717) is 10.6 Å². The van der Waals surface area contributed by atoms with Crippen LogP contribution in [-0.2, 0) is 0 Å². The minimum Gasteiger partial charge on any atom is -0.320 e. The molecule has 0 saturated carbocycles. The third kappa shape index (κ3) is 2.21. The monoisotopic (exact) mass is 236 g/mol. The summed E-state index contributed by atoms with van der Waals surface area (Å²) in [4.78, 5) is 3.90. The van der Waals surface area contributed by atoms with Crippen LogP contribution in [0.15, 0.2) is 42.7 Å². The molecule has 82 valence electrons. The molecular formula is C12H10ClFN2. The molecule has 1 unspecified atom stereocenters. The van der Waals surface area contributed by atoms with Crippen molar-refractivity contribution < 1.29 is 4.39 Å². The van der Waals surface area contributed by atoms with Crippen molar-refractivity contribution in [2.45, 2.75) is 6.04 Å². The van der Waals surface area contributed by atoms with Crippen LogP contribution in [0.1, 0.15) is 17.2 Å². The maximum Gasteiger partial charge on any atom is 0.123 e. The van der Waals surface area contributed by atoms with Crippen molar-refractivity contribution in [2.75, 3.05) is 0 Å². The van der Waals surface area contributed by atoms with Crippen molar-refractivity contribution in [3.63, 3.8) is 0 Å². The van der Waals surface area contributed by atoms with Gasteiger partial charge >= 0.3 is 0 Å². The van der Waals surface area contributed by atoms with Gasteiger partial charge in [0.25, 0.3) is 0 Å². The van der Waals surface area contributed by atoms with Gasteiger partial charge in [0.1, 0.15) is 5.82 Å². The molecule has 1 heterocycles. The summed E-state index contributed by atoms with van der Waals surface area (Å²) >= 11 is 5.98. The molecule has 0 amide bonds. The molecule has 2 nitrogen and oxygen atoms in total. The molecule has 1 aromatic carbocycles. The zero-order chi connectivity index (χ0) is 11.5. The number of benzene rings is 1. The van der Waals surface area contributed by atoms with E-state index in [2.05, 4.69) is 4.98 Å². The predicted octanol–water partition coefficient (Wildman–Crippen LogP) is 2.92. The van der Waals surface area contributed by atoms with Crippen molar-refractivity contribution >= 4 is 11.6 Å². The van der Waals surface area contributed by atoms with Crippen LogP contribution >= 0.6 is 11.6 Å². The Balaban J connectivity index is 2.41. The number of nitrogens with two attached hydrogens (primary N) is 1. The van der Waals surface area contributed by atoms with Crippen LogP contribution in [0.4, 0.5) is 4.39 Å². The fourth-order valence-corrected chi connectivity index (χ4v) is 1.74. The summed E-state index contributed by atoms with van der Waals surface area (Å²) in [5.74, 6) is -0.344. The SMILES string of the molecule is NC(c1ccncc1)c1cc(F)ccc1Cl. The molecular weight excluding hydrogens is 227 g/mol. The van der Waals surface area contributed by atoms with Gasteiger partial charge in [0.05, 0.1) is 6.04 Å². The van der Waals surface area contributed by atoms with Gasteiger partial charge in [0.15, 0.2) is 0 Å². The summed E-state index contributed by atoms with van der Waals surface area (Å²) < 4.78 is 13.1. The van der Waals surface area contributed by atoms with Crippen LogP contribution in [-0.4, -0.2) is 4.98 Å². The Bertz CT molecular complexity index is 488. The first-order valence-electron chi connectivity index (χ1n) is 4.79. The maximum atomic E-state index is 13.1. The van der Waals surface area contributed by atoms with Crippen LogP contribution in [0.5, 0.6) is 0 Å². The third-order valence-electron chi connectivity index (χ3n) is 2.36. The van der Waals surface area contributed by atoms with Gasteiger partial charge in [-0.3, -0.25) is 4.98 Å². The van der Waals surface area contributed by atoms with Gasteiger partial charge in [0.2, 0.25) is 0 Å². The quantitative estimate of drug-likeness (QED) is 0.871. The third-order valence-corrected chi connectivity index (χ3v) is 2.70. The molecule has 0 aliphatic rings. The normalized spacial score (nSPS) is 12.4. The van der Waals surface area contributed by atoms with Gasteiger partial charge in [-0.25, -0.2) is 4.39 Å². The molecule has 4 heteroatoms. The van der Waals surface area contributed by atoms with E-state index in [1.165, 1.54) is 18.2 Å². The maximum absolute atomic E-state index is 13.1. The molecule has 0 aliphatic carbocycles. The standard InChI is InChI=1S/C12H10ClFN2/c13-11-2-1-9(14)7-10(11)12(15)8-3-5-16-6-4-8/h1-7,12H,15H2. The summed E-state index contributed by atoms with van der Waals surface area (Å²) in [7, 11) is 0. The first-order chi connectivity index (χ1) is 7.68. The number of hydrogen-bond acceptors (Lipinski definition) is 2. The second-order valence-electron chi connectivity index (χ2n) is 3.42. The molecule has 1 atom stereocenters. The molecule has 0 saturated heterocycles. The van der Waals surface area contributed by atoms with Crippen LogP contribution in [0.2, 0.25) is 5.02 Å². The fourth-order valence-electron chi connectivity index (χ4n) is 1.50. The fraction of sp³-hybridized carbons (Fsp3) is 0.0833. The Morgan fingerprint density at radius 3 is 2.56 bits per heavy atom. The van der Waals surface area contributed by atoms with E-state index in [1.54, 1.807) is 24.5 Å². The Labute approximate surface area is 97.9 Å². The molecule has 2 N–H and O–H groups in total. The highest BCUT2D eigenvalue weighted by Crippen LogP contribution is 2.26. The van der Waals surface area contributed by atoms with Crippen molar-refractivity contribution in [3.05, 3.63) is 64.7 Å². The number of nitrogens with zero attached hydrogens (tertiary/aromatic N) is 1. The lowest BCUT2D eigenvalue weighted by atomic mass is 10.0. The smallest absolute Gasteiger partial charge is 0.123 e. The Kier molecular flexibility index (Phi) is 3.17. The molecule has 0 radical (unpaired) electrons. The Morgan fingerprint density at radius 2 is 1.88 bits per heavy atom. The Morgan fingerprint density at radius 1 is 1.19 bits per heavy atom. The number of aromatic nitrogens is 1. The second-order valence-corrected chi connectivity index (χ2v) is 3.83. The minimum absolute atomic E-state index is 0.344. The zero-order valence-electron chi connectivity index (χ0n) is 8.40. The summed E-state index contributed by atoms with van der Waals surface area (Å²) in [6, 6.07) is 7.30. The molecule has 1 aromatic heterocycles. The Hall–Kier alpha value is -1.45. The van der Waals surface area contributed by atoms with Gasteiger partial charge in [-0.1, -0.05) is 11.6 Å². The van der Waals surface area contributed by atoms with Gasteiger partial charge < -0.3 is 5.73 Å². The van der Waals surface area contributed by atoms with Gasteiger partial charge in [-0.2, -0.15) is 0 Å². The van der Waals surface area contributed by atoms with Gasteiger partial charge in [0, 0.05) is 17.4 Å². The molecule has 0 spiro atoms. The van der Waals surface area contributed by atoms with Crippen LogP contribution in [0.25, 0.3) is 0 Å². The van der Waals surface area contributed by atoms with Crippen molar-refractivity contribution in [1.82, 2.24) is 4.98 Å². The minimum atomic E-state index is -0.439. The van der Waals surface area contributed by atoms with E-state index in [4.69, 9.17) is 17.3 Å². The van der Waals surface area contributed by atoms with E-state index in [0.717, 1.165) is 5.56 Å². The highest BCUT2D eigenvalue weighted by molar-refractivity contribution is 6.31. The van der Waals surface area contributed by atoms with Crippen molar-refractivity contribution in [3.8, 4) is 0 Å². The van der Waals surface area contributed by atoms with E-state index in [9.17, 15) is 4.39 Å². The lowest BCUT2D eigenvalue weighted by Gasteiger charge is -2.13. The average molecular weight is 237 g/mol. The van der Waals surface area contributed by atoms with Crippen LogP contribution < -0.4 is 5.73 Å². The first-order valence-corrected chi connectivity index (χ1v) is 5.17. The van der Waals surface area contributed by atoms with E-state index < -0.39 is 6.04 Å². The van der Waals surface area contributed by atoms with Gasteiger partial charge in [-0.05, 0) is 41.5 Å². The lowest BCUT2D eigenvalue weighted by molar-refractivity contribution is 0.623. The van der Waals surface area contributed by atoms with Crippen LogP contribution in [0, 0.1) is 5.82 Å². The molecule has 2 rings (SSSR count). The summed E-state index contributed by atoms with van der Waals surface area (Å²) in [6.45, 7) is 0. The lowest BCUT2D eigenvalue weighted by Crippen LogP contribution is -2.12. The largest absolute Gasteiger partial charge is 0.320 e. The number of hydrogen-bond donors (Lipinski definition) is 1. The molecule has 0 fully saturated rings. The number of halogens is 2. The topological polar surface area (TPSA) is 38.9 Å². The molecule has 16 heavy (non-hydrogen) atoms. The highest BCUT2D eigenvalue weighted by atomic mass is 35.5. The van der Waals surface area contributed by atoms with Crippen molar-refractivity contribution in [1.29, 1.82) is 0 Å². The average Bonchev–Trinajstić information content (AvgIpc) is 2.32. The summed E-state index contributed by atoms with van der Waals surface area (Å²) in [5.41, 5.74) is 7.43. The zero-order valence-corrected chi connectivity index (χ0v) is 9.16. The predicted molar refractivity (Wildman–Crippen MR) is 61.7 cm³/mol. The highest BCUT2D eigenvalue weighted by Gasteiger charge is 2.12. The van der Waals surface area contributed by atoms with Crippen molar-refractivity contribution in [2.24, 2.45) is 5.73 Å². The van der Waals surface area contributed by atoms with Gasteiger partial charge in [-0.15, -0.1) is 0 Å². The number of rotatable bonds is 2. The molecule has 2 aromatic rings. The first kappa shape index (κ1) is 11.0. The summed E-state index contributed by atoms with van der Waals surface area (Å²) in [5, 5.41) is 0.464. The second kappa shape index (κ2) is 4.60.